The van der Waals surface area contributed by atoms with Crippen molar-refractivity contribution in [2.24, 2.45) is 5.73 Å². The van der Waals surface area contributed by atoms with Crippen molar-refractivity contribution in [3.8, 4) is 0 Å². The molecule has 0 fully saturated rings. The second kappa shape index (κ2) is 5.27. The van der Waals surface area contributed by atoms with E-state index in [1.54, 1.807) is 0 Å². The molecule has 0 atom stereocenters. The number of nitrogens with two attached hydrogens (primary N) is 1. The maximum absolute atomic E-state index is 12.3. The fourth-order valence-electron chi connectivity index (χ4n) is 0.855. The molecule has 0 bridgehead atoms. The lowest BCUT2D eigenvalue weighted by Gasteiger charge is -2.01. The van der Waals surface area contributed by atoms with Gasteiger partial charge in [-0.05, 0) is 24.8 Å². The molecule has 0 amide bonds. The number of hydrogen-bond acceptors (Lipinski definition) is 1. The Balaban J connectivity index is 3.73. The summed E-state index contributed by atoms with van der Waals surface area (Å²) in [7, 11) is 0. The van der Waals surface area contributed by atoms with Crippen LogP contribution in [0.1, 0.15) is 39.5 Å². The van der Waals surface area contributed by atoms with Gasteiger partial charge in [-0.2, -0.15) is 4.39 Å². The zero-order valence-corrected chi connectivity index (χ0v) is 6.78. The molecule has 0 aromatic heterocycles. The summed E-state index contributed by atoms with van der Waals surface area (Å²) in [5, 5.41) is 0. The van der Waals surface area contributed by atoms with Crippen LogP contribution in [-0.4, -0.2) is 0 Å². The van der Waals surface area contributed by atoms with Crippen molar-refractivity contribution in [2.45, 2.75) is 39.5 Å². The SMILES string of the molecule is CCCC/C(CC)=C(/N)F. The van der Waals surface area contributed by atoms with Crippen molar-refractivity contribution in [3.63, 3.8) is 0 Å². The number of allylic oxidation sites excluding steroid dienone is 1. The topological polar surface area (TPSA) is 26.0 Å². The van der Waals surface area contributed by atoms with Gasteiger partial charge in [-0.15, -0.1) is 0 Å². The fraction of sp³-hybridized carbons (Fsp3) is 0.750. The van der Waals surface area contributed by atoms with Gasteiger partial charge in [-0.3, -0.25) is 0 Å². The molecule has 10 heavy (non-hydrogen) atoms. The lowest BCUT2D eigenvalue weighted by atomic mass is 10.1. The van der Waals surface area contributed by atoms with E-state index >= 15 is 0 Å². The van der Waals surface area contributed by atoms with Gasteiger partial charge >= 0.3 is 0 Å². The van der Waals surface area contributed by atoms with Crippen molar-refractivity contribution in [1.82, 2.24) is 0 Å². The molecule has 0 saturated heterocycles. The third-order valence-corrected chi connectivity index (χ3v) is 1.60. The molecule has 0 rings (SSSR count). The van der Waals surface area contributed by atoms with E-state index < -0.39 is 5.95 Å². The minimum Gasteiger partial charge on any atom is -0.376 e. The molecule has 2 heteroatoms. The molecule has 2 N–H and O–H groups in total. The minimum absolute atomic E-state index is 0.476. The summed E-state index contributed by atoms with van der Waals surface area (Å²) in [5.41, 5.74) is 5.77. The third kappa shape index (κ3) is 3.49. The van der Waals surface area contributed by atoms with Gasteiger partial charge < -0.3 is 5.73 Å². The first-order valence-corrected chi connectivity index (χ1v) is 3.85. The number of hydrogen-bond donors (Lipinski definition) is 1. The monoisotopic (exact) mass is 145 g/mol. The first-order chi connectivity index (χ1) is 4.72. The van der Waals surface area contributed by atoms with E-state index in [0.29, 0.717) is 0 Å². The van der Waals surface area contributed by atoms with Crippen molar-refractivity contribution in [2.75, 3.05) is 0 Å². The predicted molar refractivity (Wildman–Crippen MR) is 42.1 cm³/mol. The van der Waals surface area contributed by atoms with Gasteiger partial charge in [0.05, 0.1) is 0 Å². The van der Waals surface area contributed by atoms with Crippen LogP contribution in [0.3, 0.4) is 0 Å². The second-order valence-corrected chi connectivity index (χ2v) is 2.41. The summed E-state index contributed by atoms with van der Waals surface area (Å²) in [6, 6.07) is 0. The molecule has 0 aromatic rings. The molecule has 1 nitrogen and oxygen atoms in total. The minimum atomic E-state index is -0.476. The normalized spacial score (nSPS) is 13.1. The third-order valence-electron chi connectivity index (χ3n) is 1.60. The van der Waals surface area contributed by atoms with Gasteiger partial charge in [0.25, 0.3) is 0 Å². The average Bonchev–Trinajstić information content (AvgIpc) is 1.89. The summed E-state index contributed by atoms with van der Waals surface area (Å²) in [4.78, 5) is 0. The van der Waals surface area contributed by atoms with Crippen molar-refractivity contribution >= 4 is 0 Å². The van der Waals surface area contributed by atoms with E-state index in [4.69, 9.17) is 5.73 Å². The highest BCUT2D eigenvalue weighted by molar-refractivity contribution is 5.03. The first kappa shape index (κ1) is 9.47. The van der Waals surface area contributed by atoms with Gasteiger partial charge in [-0.1, -0.05) is 20.3 Å². The molecule has 0 spiro atoms. The molecule has 0 aromatic carbocycles. The highest BCUT2D eigenvalue weighted by Crippen LogP contribution is 2.13. The largest absolute Gasteiger partial charge is 0.376 e. The summed E-state index contributed by atoms with van der Waals surface area (Å²) < 4.78 is 12.3. The highest BCUT2D eigenvalue weighted by atomic mass is 19.1. The molecule has 0 radical (unpaired) electrons. The van der Waals surface area contributed by atoms with E-state index in [1.165, 1.54) is 0 Å². The van der Waals surface area contributed by atoms with E-state index in [0.717, 1.165) is 31.3 Å². The van der Waals surface area contributed by atoms with Crippen LogP contribution in [0.4, 0.5) is 4.39 Å². The van der Waals surface area contributed by atoms with Crippen LogP contribution in [0.15, 0.2) is 11.5 Å². The number of rotatable bonds is 4. The second-order valence-electron chi connectivity index (χ2n) is 2.41. The summed E-state index contributed by atoms with van der Waals surface area (Å²) in [5.74, 6) is -0.476. The van der Waals surface area contributed by atoms with Crippen LogP contribution in [0.25, 0.3) is 0 Å². The molecule has 60 valence electrons. The first-order valence-electron chi connectivity index (χ1n) is 3.85. The maximum Gasteiger partial charge on any atom is 0.183 e. The standard InChI is InChI=1S/C8H16FN/c1-3-5-6-7(4-2)8(9)10/h3-6,10H2,1-2H3/b8-7+. The zero-order valence-electron chi connectivity index (χ0n) is 6.78. The smallest absolute Gasteiger partial charge is 0.183 e. The number of unbranched alkanes of at least 4 members (excludes halogenated alkanes) is 1. The lowest BCUT2D eigenvalue weighted by molar-refractivity contribution is 0.591. The van der Waals surface area contributed by atoms with Gasteiger partial charge in [-0.25, -0.2) is 0 Å². The van der Waals surface area contributed by atoms with Crippen molar-refractivity contribution in [1.29, 1.82) is 0 Å². The van der Waals surface area contributed by atoms with Crippen LogP contribution in [0.5, 0.6) is 0 Å². The molecule has 0 aliphatic carbocycles. The molecule has 0 aliphatic heterocycles. The Bertz CT molecular complexity index is 114. The van der Waals surface area contributed by atoms with E-state index in [-0.39, 0.29) is 0 Å². The number of halogens is 1. The molecular weight excluding hydrogens is 129 g/mol. The Morgan fingerprint density at radius 1 is 1.40 bits per heavy atom. The Hall–Kier alpha value is -0.530. The van der Waals surface area contributed by atoms with Crippen LogP contribution < -0.4 is 5.73 Å². The molecular formula is C8H16FN. The molecule has 0 heterocycles. The Morgan fingerprint density at radius 3 is 2.30 bits per heavy atom. The van der Waals surface area contributed by atoms with Gasteiger partial charge in [0.2, 0.25) is 0 Å². The predicted octanol–water partition coefficient (Wildman–Crippen LogP) is 2.73. The van der Waals surface area contributed by atoms with E-state index in [2.05, 4.69) is 6.92 Å². The maximum atomic E-state index is 12.3. The van der Waals surface area contributed by atoms with Crippen LogP contribution in [-0.2, 0) is 0 Å². The molecule has 0 aliphatic rings. The van der Waals surface area contributed by atoms with Crippen LogP contribution in [0, 0.1) is 0 Å². The van der Waals surface area contributed by atoms with Crippen molar-refractivity contribution < 1.29 is 4.39 Å². The summed E-state index contributed by atoms with van der Waals surface area (Å²) >= 11 is 0. The lowest BCUT2D eigenvalue weighted by Crippen LogP contribution is -1.96. The Labute approximate surface area is 62.1 Å². The van der Waals surface area contributed by atoms with Crippen LogP contribution >= 0.6 is 0 Å². The Kier molecular flexibility index (Phi) is 4.99. The van der Waals surface area contributed by atoms with E-state index in [9.17, 15) is 4.39 Å². The quantitative estimate of drug-likeness (QED) is 0.605. The van der Waals surface area contributed by atoms with E-state index in [1.807, 2.05) is 6.92 Å². The molecule has 0 saturated carbocycles. The molecule has 0 unspecified atom stereocenters. The van der Waals surface area contributed by atoms with Gasteiger partial charge in [0.1, 0.15) is 0 Å². The fourth-order valence-corrected chi connectivity index (χ4v) is 0.855. The van der Waals surface area contributed by atoms with Crippen LogP contribution in [0.2, 0.25) is 0 Å². The summed E-state index contributed by atoms with van der Waals surface area (Å²) in [6.07, 6.45) is 3.68. The Morgan fingerprint density at radius 2 is 2.00 bits per heavy atom. The highest BCUT2D eigenvalue weighted by Gasteiger charge is 1.98. The zero-order chi connectivity index (χ0) is 7.98. The van der Waals surface area contributed by atoms with Gasteiger partial charge in [0, 0.05) is 0 Å². The van der Waals surface area contributed by atoms with Gasteiger partial charge in [0.15, 0.2) is 5.95 Å². The summed E-state index contributed by atoms with van der Waals surface area (Å²) in [6.45, 7) is 4.01. The average molecular weight is 145 g/mol. The van der Waals surface area contributed by atoms with Crippen molar-refractivity contribution in [3.05, 3.63) is 11.5 Å².